The van der Waals surface area contributed by atoms with Crippen molar-refractivity contribution >= 4 is 46.8 Å². The highest BCUT2D eigenvalue weighted by Gasteiger charge is 2.77. The number of amides is 2. The number of thioether (sulfide) groups is 1. The molecule has 7 nitrogen and oxygen atoms in total. The third kappa shape index (κ3) is 4.82. The summed E-state index contributed by atoms with van der Waals surface area (Å²) in [5.41, 5.74) is 0.533. The molecular formula is C30H39ClN2O5S. The van der Waals surface area contributed by atoms with Gasteiger partial charge in [0.1, 0.15) is 6.04 Å². The summed E-state index contributed by atoms with van der Waals surface area (Å²) in [5, 5.41) is 10.9. The molecule has 0 saturated carbocycles. The zero-order valence-electron chi connectivity index (χ0n) is 22.9. The van der Waals surface area contributed by atoms with Crippen LogP contribution in [0.4, 0.5) is 5.69 Å². The van der Waals surface area contributed by atoms with Gasteiger partial charge in [-0.05, 0) is 36.8 Å². The number of aliphatic hydroxyl groups excluding tert-OH is 1. The molecule has 3 saturated heterocycles. The van der Waals surface area contributed by atoms with Gasteiger partial charge in [0.25, 0.3) is 5.91 Å². The van der Waals surface area contributed by atoms with Gasteiger partial charge in [-0.1, -0.05) is 63.1 Å². The minimum Gasteiger partial charge on any atom is -0.465 e. The number of halogens is 1. The topological polar surface area (TPSA) is 87.1 Å². The summed E-state index contributed by atoms with van der Waals surface area (Å²) < 4.78 is 4.76. The molecule has 1 spiro atoms. The molecule has 4 rings (SSSR count). The van der Waals surface area contributed by atoms with Gasteiger partial charge in [0, 0.05) is 11.8 Å². The first-order valence-electron chi connectivity index (χ1n) is 13.7. The summed E-state index contributed by atoms with van der Waals surface area (Å²) in [7, 11) is 0. The molecule has 212 valence electrons. The normalized spacial score (nSPS) is 30.5. The Morgan fingerprint density at radius 1 is 1.33 bits per heavy atom. The van der Waals surface area contributed by atoms with Crippen molar-refractivity contribution in [2.24, 2.45) is 23.7 Å². The number of carbonyl (C=O) groups is 3. The van der Waals surface area contributed by atoms with E-state index in [2.05, 4.69) is 20.1 Å². The maximum atomic E-state index is 14.7. The van der Waals surface area contributed by atoms with Gasteiger partial charge in [-0.3, -0.25) is 14.4 Å². The number of anilines is 1. The lowest BCUT2D eigenvalue weighted by molar-refractivity contribution is -0.155. The molecule has 9 heteroatoms. The molecule has 2 amide bonds. The van der Waals surface area contributed by atoms with Crippen LogP contribution in [0, 0.1) is 23.7 Å². The Morgan fingerprint density at radius 3 is 2.67 bits per heavy atom. The number of benzene rings is 1. The van der Waals surface area contributed by atoms with Crippen molar-refractivity contribution in [3.05, 3.63) is 54.6 Å². The minimum atomic E-state index is -0.881. The number of hydrogen-bond donors (Lipinski definition) is 1. The lowest BCUT2D eigenvalue weighted by Gasteiger charge is -2.43. The Kier molecular flexibility index (Phi) is 9.19. The third-order valence-corrected chi connectivity index (χ3v) is 11.2. The second kappa shape index (κ2) is 12.1. The molecule has 1 aromatic carbocycles. The van der Waals surface area contributed by atoms with Gasteiger partial charge in [0.2, 0.25) is 5.91 Å². The fourth-order valence-corrected chi connectivity index (χ4v) is 9.40. The fraction of sp³-hybridized carbons (Fsp3) is 0.567. The van der Waals surface area contributed by atoms with E-state index >= 15 is 0 Å². The maximum Gasteiger partial charge on any atom is 0.310 e. The molecule has 2 bridgehead atoms. The average Bonchev–Trinajstić information content (AvgIpc) is 3.52. The number of ether oxygens (including phenoxy) is 1. The molecule has 3 unspecified atom stereocenters. The Bertz CT molecular complexity index is 1130. The highest BCUT2D eigenvalue weighted by Crippen LogP contribution is 2.69. The number of hydrogen-bond acceptors (Lipinski definition) is 6. The highest BCUT2D eigenvalue weighted by atomic mass is 35.5. The number of likely N-dealkylation sites (tertiary alicyclic amines) is 1. The van der Waals surface area contributed by atoms with Crippen LogP contribution in [-0.2, 0) is 19.1 Å². The Morgan fingerprint density at radius 2 is 2.05 bits per heavy atom. The molecule has 1 N–H and O–H groups in total. The third-order valence-electron chi connectivity index (χ3n) is 8.82. The molecule has 3 aliphatic heterocycles. The number of rotatable bonds is 12. The van der Waals surface area contributed by atoms with Crippen LogP contribution >= 0.6 is 23.4 Å². The summed E-state index contributed by atoms with van der Waals surface area (Å²) in [5.74, 6) is -2.35. The zero-order valence-corrected chi connectivity index (χ0v) is 24.5. The molecule has 3 fully saturated rings. The first-order chi connectivity index (χ1) is 18.7. The molecule has 0 aromatic heterocycles. The maximum absolute atomic E-state index is 14.7. The lowest BCUT2D eigenvalue weighted by atomic mass is 9.66. The van der Waals surface area contributed by atoms with Crippen molar-refractivity contribution in [1.29, 1.82) is 0 Å². The van der Waals surface area contributed by atoms with Crippen LogP contribution in [0.25, 0.3) is 0 Å². The van der Waals surface area contributed by atoms with Gasteiger partial charge in [0.05, 0.1) is 46.5 Å². The number of esters is 1. The predicted octanol–water partition coefficient (Wildman–Crippen LogP) is 4.72. The zero-order chi connectivity index (χ0) is 28.5. The summed E-state index contributed by atoms with van der Waals surface area (Å²) in [6.45, 7) is 13.7. The monoisotopic (exact) mass is 574 g/mol. The van der Waals surface area contributed by atoms with Crippen molar-refractivity contribution in [3.8, 4) is 0 Å². The standard InChI is InChI=1S/C30H39ClN2O5S/c1-6-9-15-38-29(37)24-23-16-19(5)30(39-23)25(24)27(35)33(22(17-34)18(4)8-3)26(30)28(36)32(14-7-2)21-13-11-10-12-20(21)31/h6-7,10-13,18-19,22-26,34H,1-2,8-9,14-17H2,3-5H3/t18-,19?,22-,23+,24-,25-,26?,30?/m0/s1. The van der Waals surface area contributed by atoms with Crippen molar-refractivity contribution in [1.82, 2.24) is 4.90 Å². The first-order valence-corrected chi connectivity index (χ1v) is 15.0. The van der Waals surface area contributed by atoms with E-state index in [9.17, 15) is 19.5 Å². The summed E-state index contributed by atoms with van der Waals surface area (Å²) in [6.07, 6.45) is 5.27. The molecule has 0 radical (unpaired) electrons. The van der Waals surface area contributed by atoms with Crippen LogP contribution in [-0.4, -0.2) is 69.6 Å². The van der Waals surface area contributed by atoms with Crippen molar-refractivity contribution in [2.45, 2.75) is 62.1 Å². The average molecular weight is 575 g/mol. The van der Waals surface area contributed by atoms with Crippen molar-refractivity contribution < 1.29 is 24.2 Å². The van der Waals surface area contributed by atoms with Gasteiger partial charge >= 0.3 is 5.97 Å². The van der Waals surface area contributed by atoms with Crippen LogP contribution < -0.4 is 4.90 Å². The molecule has 3 heterocycles. The van der Waals surface area contributed by atoms with E-state index in [4.69, 9.17) is 16.3 Å². The second-order valence-corrected chi connectivity index (χ2v) is 12.8. The van der Waals surface area contributed by atoms with E-state index in [0.717, 1.165) is 0 Å². The van der Waals surface area contributed by atoms with Gasteiger partial charge in [0.15, 0.2) is 0 Å². The predicted molar refractivity (Wildman–Crippen MR) is 156 cm³/mol. The molecule has 39 heavy (non-hydrogen) atoms. The van der Waals surface area contributed by atoms with E-state index in [-0.39, 0.29) is 48.7 Å². The van der Waals surface area contributed by atoms with Gasteiger partial charge in [-0.15, -0.1) is 24.9 Å². The van der Waals surface area contributed by atoms with Crippen LogP contribution in [0.3, 0.4) is 0 Å². The van der Waals surface area contributed by atoms with Gasteiger partial charge < -0.3 is 19.6 Å². The van der Waals surface area contributed by atoms with E-state index in [1.54, 1.807) is 51.9 Å². The van der Waals surface area contributed by atoms with E-state index < -0.39 is 34.6 Å². The fourth-order valence-electron chi connectivity index (χ4n) is 6.77. The largest absolute Gasteiger partial charge is 0.465 e. The Hall–Kier alpha value is -2.29. The number of nitrogens with zero attached hydrogens (tertiary/aromatic N) is 2. The Labute approximate surface area is 240 Å². The molecule has 1 aromatic rings. The lowest BCUT2D eigenvalue weighted by Crippen LogP contribution is -2.60. The van der Waals surface area contributed by atoms with Gasteiger partial charge in [-0.2, -0.15) is 0 Å². The van der Waals surface area contributed by atoms with E-state index in [1.807, 2.05) is 19.9 Å². The highest BCUT2D eigenvalue weighted by molar-refractivity contribution is 8.02. The first kappa shape index (κ1) is 29.7. The van der Waals surface area contributed by atoms with Crippen molar-refractivity contribution in [3.63, 3.8) is 0 Å². The van der Waals surface area contributed by atoms with Crippen LogP contribution in [0.5, 0.6) is 0 Å². The van der Waals surface area contributed by atoms with Crippen LogP contribution in [0.1, 0.15) is 40.0 Å². The molecule has 3 aliphatic rings. The quantitative estimate of drug-likeness (QED) is 0.221. The smallest absolute Gasteiger partial charge is 0.310 e. The number of fused-ring (bicyclic) bond motifs is 1. The SMILES string of the molecule is C=CCCOC(=O)[C@@H]1[C@H]2C(=O)N([C@@H](CO)[C@@H](C)CC)C(C(=O)N(CC=C)c3ccccc3Cl)C23S[C@@H]1CC3C. The Balaban J connectivity index is 1.85. The number of aliphatic hydroxyl groups is 1. The van der Waals surface area contributed by atoms with Gasteiger partial charge in [-0.25, -0.2) is 0 Å². The molecule has 0 aliphatic carbocycles. The summed E-state index contributed by atoms with van der Waals surface area (Å²) in [4.78, 5) is 45.8. The second-order valence-electron chi connectivity index (χ2n) is 10.9. The van der Waals surface area contributed by atoms with E-state index in [1.165, 1.54) is 0 Å². The van der Waals surface area contributed by atoms with Crippen molar-refractivity contribution in [2.75, 3.05) is 24.7 Å². The minimum absolute atomic E-state index is 0.00859. The van der Waals surface area contributed by atoms with Crippen LogP contribution in [0.15, 0.2) is 49.6 Å². The molecular weight excluding hydrogens is 536 g/mol. The number of para-hydroxylation sites is 1. The summed E-state index contributed by atoms with van der Waals surface area (Å²) in [6, 6.07) is 5.66. The number of carbonyl (C=O) groups excluding carboxylic acids is 3. The molecule has 8 atom stereocenters. The van der Waals surface area contributed by atoms with Crippen LogP contribution in [0.2, 0.25) is 5.02 Å². The summed E-state index contributed by atoms with van der Waals surface area (Å²) >= 11 is 8.14. The van der Waals surface area contributed by atoms with E-state index in [0.29, 0.717) is 30.0 Å².